The number of halogens is 2. The molecule has 0 aliphatic heterocycles. The summed E-state index contributed by atoms with van der Waals surface area (Å²) >= 11 is 1.42. The van der Waals surface area contributed by atoms with Gasteiger partial charge in [-0.3, -0.25) is 4.79 Å². The van der Waals surface area contributed by atoms with Crippen LogP contribution in [0.2, 0.25) is 0 Å². The predicted molar refractivity (Wildman–Crippen MR) is 96.4 cm³/mol. The first-order valence-electron chi connectivity index (χ1n) is 7.77. The van der Waals surface area contributed by atoms with E-state index in [0.29, 0.717) is 10.8 Å². The molecule has 7 heteroatoms. The van der Waals surface area contributed by atoms with Gasteiger partial charge in [0.1, 0.15) is 0 Å². The van der Waals surface area contributed by atoms with E-state index in [9.17, 15) is 13.6 Å². The Kier molecular flexibility index (Phi) is 5.27. The fourth-order valence-corrected chi connectivity index (χ4v) is 3.15. The van der Waals surface area contributed by atoms with Gasteiger partial charge in [-0.15, -0.1) is 0 Å². The van der Waals surface area contributed by atoms with E-state index < -0.39 is 17.5 Å². The fraction of sp³-hybridized carbons (Fsp3) is 0.105. The summed E-state index contributed by atoms with van der Waals surface area (Å²) in [4.78, 5) is 21.8. The van der Waals surface area contributed by atoms with Gasteiger partial charge in [-0.05, 0) is 74.1 Å². The zero-order valence-corrected chi connectivity index (χ0v) is 14.9. The Morgan fingerprint density at radius 3 is 2.19 bits per heavy atom. The third kappa shape index (κ3) is 4.43. The molecule has 1 amide bonds. The number of aromatic nitrogens is 2. The van der Waals surface area contributed by atoms with Crippen molar-refractivity contribution >= 4 is 23.4 Å². The standard InChI is InChI=1S/C19H15F2N3OS/c1-11-9-12(2)23-19(22-11)26-15-6-4-14(5-7-15)24-18(25)13-3-8-16(20)17(21)10-13/h3-10H,1-2H3,(H,24,25). The van der Waals surface area contributed by atoms with Gasteiger partial charge in [0.2, 0.25) is 0 Å². The first-order valence-corrected chi connectivity index (χ1v) is 8.59. The Bertz CT molecular complexity index is 941. The number of nitrogens with one attached hydrogen (secondary N) is 1. The minimum Gasteiger partial charge on any atom is -0.322 e. The molecule has 1 N–H and O–H groups in total. The lowest BCUT2D eigenvalue weighted by Crippen LogP contribution is -2.12. The number of carbonyl (C=O) groups is 1. The molecular formula is C19H15F2N3OS. The lowest BCUT2D eigenvalue weighted by molar-refractivity contribution is 0.102. The number of nitrogens with zero attached hydrogens (tertiary/aromatic N) is 2. The van der Waals surface area contributed by atoms with Crippen molar-refractivity contribution in [2.75, 3.05) is 5.32 Å². The Balaban J connectivity index is 1.69. The number of carbonyl (C=O) groups excluding carboxylic acids is 1. The summed E-state index contributed by atoms with van der Waals surface area (Å²) in [5, 5.41) is 3.30. The molecule has 0 aliphatic rings. The van der Waals surface area contributed by atoms with Crippen molar-refractivity contribution in [2.24, 2.45) is 0 Å². The minimum absolute atomic E-state index is 0.0472. The molecule has 0 bridgehead atoms. The van der Waals surface area contributed by atoms with Gasteiger partial charge in [0.25, 0.3) is 5.91 Å². The summed E-state index contributed by atoms with van der Waals surface area (Å²) in [6.45, 7) is 3.82. The molecule has 132 valence electrons. The van der Waals surface area contributed by atoms with Crippen molar-refractivity contribution in [1.82, 2.24) is 9.97 Å². The van der Waals surface area contributed by atoms with E-state index in [4.69, 9.17) is 0 Å². The molecule has 3 rings (SSSR count). The van der Waals surface area contributed by atoms with Crippen LogP contribution in [-0.4, -0.2) is 15.9 Å². The Morgan fingerprint density at radius 1 is 0.923 bits per heavy atom. The van der Waals surface area contributed by atoms with Crippen LogP contribution in [0, 0.1) is 25.5 Å². The number of anilines is 1. The quantitative estimate of drug-likeness (QED) is 0.671. The van der Waals surface area contributed by atoms with Crippen LogP contribution in [0.25, 0.3) is 0 Å². The zero-order chi connectivity index (χ0) is 18.7. The highest BCUT2D eigenvalue weighted by Crippen LogP contribution is 2.26. The summed E-state index contributed by atoms with van der Waals surface area (Å²) in [7, 11) is 0. The summed E-state index contributed by atoms with van der Waals surface area (Å²) in [5.41, 5.74) is 2.39. The summed E-state index contributed by atoms with van der Waals surface area (Å²) in [6, 6.07) is 12.0. The lowest BCUT2D eigenvalue weighted by atomic mass is 10.2. The predicted octanol–water partition coefficient (Wildman–Crippen LogP) is 4.78. The van der Waals surface area contributed by atoms with Crippen LogP contribution in [0.4, 0.5) is 14.5 Å². The molecule has 0 saturated heterocycles. The largest absolute Gasteiger partial charge is 0.322 e. The third-order valence-corrected chi connectivity index (χ3v) is 4.34. The Morgan fingerprint density at radius 2 is 1.58 bits per heavy atom. The molecule has 0 aliphatic carbocycles. The maximum Gasteiger partial charge on any atom is 0.255 e. The highest BCUT2D eigenvalue weighted by molar-refractivity contribution is 7.99. The summed E-state index contributed by atoms with van der Waals surface area (Å²) in [5.74, 6) is -2.56. The van der Waals surface area contributed by atoms with Crippen LogP contribution in [0.1, 0.15) is 21.7 Å². The molecule has 0 saturated carbocycles. The molecule has 4 nitrogen and oxygen atoms in total. The SMILES string of the molecule is Cc1cc(C)nc(Sc2ccc(NC(=O)c3ccc(F)c(F)c3)cc2)n1. The molecule has 26 heavy (non-hydrogen) atoms. The monoisotopic (exact) mass is 371 g/mol. The van der Waals surface area contributed by atoms with Crippen molar-refractivity contribution in [3.05, 3.63) is 77.1 Å². The smallest absolute Gasteiger partial charge is 0.255 e. The van der Waals surface area contributed by atoms with Crippen molar-refractivity contribution < 1.29 is 13.6 Å². The van der Waals surface area contributed by atoms with Crippen LogP contribution < -0.4 is 5.32 Å². The average Bonchev–Trinajstić information content (AvgIpc) is 2.58. The third-order valence-electron chi connectivity index (χ3n) is 3.46. The van der Waals surface area contributed by atoms with Gasteiger partial charge in [-0.1, -0.05) is 0 Å². The number of benzene rings is 2. The van der Waals surface area contributed by atoms with Crippen LogP contribution in [0.5, 0.6) is 0 Å². The summed E-state index contributed by atoms with van der Waals surface area (Å²) in [6.07, 6.45) is 0. The number of aryl methyl sites for hydroxylation is 2. The highest BCUT2D eigenvalue weighted by Gasteiger charge is 2.10. The van der Waals surface area contributed by atoms with E-state index in [-0.39, 0.29) is 5.56 Å². The molecule has 2 aromatic carbocycles. The molecule has 3 aromatic rings. The topological polar surface area (TPSA) is 54.9 Å². The van der Waals surface area contributed by atoms with Gasteiger partial charge < -0.3 is 5.32 Å². The maximum atomic E-state index is 13.2. The maximum absolute atomic E-state index is 13.2. The van der Waals surface area contributed by atoms with E-state index in [0.717, 1.165) is 28.4 Å². The van der Waals surface area contributed by atoms with E-state index in [1.807, 2.05) is 32.0 Å². The summed E-state index contributed by atoms with van der Waals surface area (Å²) < 4.78 is 26.2. The van der Waals surface area contributed by atoms with Gasteiger partial charge in [0, 0.05) is 27.5 Å². The average molecular weight is 371 g/mol. The molecule has 1 heterocycles. The number of rotatable bonds is 4. The van der Waals surface area contributed by atoms with E-state index in [2.05, 4.69) is 15.3 Å². The first kappa shape index (κ1) is 18.0. The molecule has 0 unspecified atom stereocenters. The van der Waals surface area contributed by atoms with E-state index in [1.54, 1.807) is 12.1 Å². The minimum atomic E-state index is -1.06. The molecule has 0 spiro atoms. The second-order valence-corrected chi connectivity index (χ2v) is 6.68. The number of hydrogen-bond acceptors (Lipinski definition) is 4. The second kappa shape index (κ2) is 7.61. The van der Waals surface area contributed by atoms with Gasteiger partial charge >= 0.3 is 0 Å². The molecule has 1 aromatic heterocycles. The van der Waals surface area contributed by atoms with Crippen molar-refractivity contribution in [1.29, 1.82) is 0 Å². The molecular weight excluding hydrogens is 356 g/mol. The van der Waals surface area contributed by atoms with Crippen LogP contribution in [-0.2, 0) is 0 Å². The molecule has 0 radical (unpaired) electrons. The van der Waals surface area contributed by atoms with Crippen molar-refractivity contribution in [3.63, 3.8) is 0 Å². The highest BCUT2D eigenvalue weighted by atomic mass is 32.2. The van der Waals surface area contributed by atoms with Gasteiger partial charge in [-0.2, -0.15) is 0 Å². The van der Waals surface area contributed by atoms with Crippen LogP contribution >= 0.6 is 11.8 Å². The second-order valence-electron chi connectivity index (χ2n) is 5.64. The lowest BCUT2D eigenvalue weighted by Gasteiger charge is -2.07. The normalized spacial score (nSPS) is 10.6. The van der Waals surface area contributed by atoms with Gasteiger partial charge in [-0.25, -0.2) is 18.7 Å². The zero-order valence-electron chi connectivity index (χ0n) is 14.1. The molecule has 0 fully saturated rings. The van der Waals surface area contributed by atoms with E-state index >= 15 is 0 Å². The Labute approximate surface area is 153 Å². The van der Waals surface area contributed by atoms with E-state index in [1.165, 1.54) is 17.8 Å². The van der Waals surface area contributed by atoms with Crippen molar-refractivity contribution in [3.8, 4) is 0 Å². The van der Waals surface area contributed by atoms with Gasteiger partial charge in [0.15, 0.2) is 16.8 Å². The Hall–Kier alpha value is -2.80. The number of hydrogen-bond donors (Lipinski definition) is 1. The fourth-order valence-electron chi connectivity index (χ4n) is 2.29. The van der Waals surface area contributed by atoms with Crippen LogP contribution in [0.15, 0.2) is 58.6 Å². The molecule has 0 atom stereocenters. The number of amides is 1. The van der Waals surface area contributed by atoms with Crippen LogP contribution in [0.3, 0.4) is 0 Å². The van der Waals surface area contributed by atoms with Gasteiger partial charge in [0.05, 0.1) is 0 Å². The first-order chi connectivity index (χ1) is 12.4. The van der Waals surface area contributed by atoms with Crippen molar-refractivity contribution in [2.45, 2.75) is 23.9 Å².